The lowest BCUT2D eigenvalue weighted by atomic mass is 10.3. The van der Waals surface area contributed by atoms with Crippen LogP contribution < -0.4 is 0 Å². The molecule has 74 valence electrons. The Bertz CT molecular complexity index is 290. The third kappa shape index (κ3) is 7.26. The Morgan fingerprint density at radius 1 is 1.14 bits per heavy atom. The summed E-state index contributed by atoms with van der Waals surface area (Å²) in [5, 5.41) is 0. The van der Waals surface area contributed by atoms with E-state index in [4.69, 9.17) is 15.9 Å². The molecular formula is C12H14O2. The Morgan fingerprint density at radius 3 is 2.50 bits per heavy atom. The van der Waals surface area contributed by atoms with Gasteiger partial charge in [0.25, 0.3) is 0 Å². The van der Waals surface area contributed by atoms with Crippen molar-refractivity contribution in [2.45, 2.75) is 20.0 Å². The molecule has 0 rings (SSSR count). The van der Waals surface area contributed by atoms with Crippen LogP contribution in [0.1, 0.15) is 13.8 Å². The number of ether oxygens (including phenoxy) is 2. The van der Waals surface area contributed by atoms with Crippen LogP contribution in [0.25, 0.3) is 0 Å². The Kier molecular flexibility index (Phi) is 8.72. The van der Waals surface area contributed by atoms with Crippen molar-refractivity contribution in [2.24, 2.45) is 0 Å². The molecule has 0 aromatic rings. The second-order valence-corrected chi connectivity index (χ2v) is 2.27. The largest absolute Gasteiger partial charge is 0.378 e. The van der Waals surface area contributed by atoms with Crippen LogP contribution in [0.5, 0.6) is 0 Å². The molecular weight excluding hydrogens is 176 g/mol. The minimum absolute atomic E-state index is 0.216. The van der Waals surface area contributed by atoms with Crippen LogP contribution in [-0.2, 0) is 9.47 Å². The molecule has 0 spiro atoms. The number of hydrogen-bond donors (Lipinski definition) is 0. The van der Waals surface area contributed by atoms with E-state index in [1.165, 1.54) is 0 Å². The highest BCUT2D eigenvalue weighted by molar-refractivity contribution is 5.34. The first-order chi connectivity index (χ1) is 6.85. The quantitative estimate of drug-likeness (QED) is 0.604. The first kappa shape index (κ1) is 12.6. The summed E-state index contributed by atoms with van der Waals surface area (Å²) in [6.07, 6.45) is 4.72. The van der Waals surface area contributed by atoms with Gasteiger partial charge in [-0.1, -0.05) is 5.92 Å². The molecule has 0 radical (unpaired) electrons. The van der Waals surface area contributed by atoms with E-state index < -0.39 is 0 Å². The molecule has 0 amide bonds. The fraction of sp³-hybridized carbons (Fsp3) is 0.500. The molecule has 0 N–H and O–H groups in total. The van der Waals surface area contributed by atoms with Crippen molar-refractivity contribution in [1.29, 1.82) is 0 Å². The number of terminal acetylenes is 1. The Balaban J connectivity index is 4.05. The zero-order chi connectivity index (χ0) is 10.6. The van der Waals surface area contributed by atoms with Gasteiger partial charge in [0, 0.05) is 13.2 Å². The molecule has 0 aromatic carbocycles. The molecule has 1 unspecified atom stereocenters. The lowest BCUT2D eigenvalue weighted by molar-refractivity contribution is 0.0224. The third-order valence-electron chi connectivity index (χ3n) is 1.27. The number of rotatable bonds is 5. The van der Waals surface area contributed by atoms with Crippen molar-refractivity contribution in [1.82, 2.24) is 0 Å². The standard InChI is InChI=1S/C12H14O2/c1-4-7-8-9-10-12(14-6-3)11-13-5-2/h1,12H,5-6,11H2,2-3H3. The van der Waals surface area contributed by atoms with Gasteiger partial charge in [-0.25, -0.2) is 0 Å². The van der Waals surface area contributed by atoms with E-state index in [1.54, 1.807) is 0 Å². The van der Waals surface area contributed by atoms with Crippen molar-refractivity contribution in [3.05, 3.63) is 0 Å². The first-order valence-corrected chi connectivity index (χ1v) is 4.50. The maximum atomic E-state index is 5.31. The van der Waals surface area contributed by atoms with Crippen molar-refractivity contribution >= 4 is 0 Å². The van der Waals surface area contributed by atoms with Gasteiger partial charge in [-0.2, -0.15) is 0 Å². The minimum atomic E-state index is -0.216. The second-order valence-electron chi connectivity index (χ2n) is 2.27. The van der Waals surface area contributed by atoms with Gasteiger partial charge >= 0.3 is 0 Å². The monoisotopic (exact) mass is 190 g/mol. The smallest absolute Gasteiger partial charge is 0.142 e. The molecule has 0 aliphatic carbocycles. The van der Waals surface area contributed by atoms with Gasteiger partial charge in [0.05, 0.1) is 6.61 Å². The van der Waals surface area contributed by atoms with Gasteiger partial charge in [0.1, 0.15) is 6.10 Å². The summed E-state index contributed by atoms with van der Waals surface area (Å²) >= 11 is 0. The number of hydrogen-bond acceptors (Lipinski definition) is 2. The van der Waals surface area contributed by atoms with Gasteiger partial charge in [0.15, 0.2) is 0 Å². The maximum Gasteiger partial charge on any atom is 0.142 e. The minimum Gasteiger partial charge on any atom is -0.378 e. The molecule has 0 aliphatic rings. The summed E-state index contributed by atoms with van der Waals surface area (Å²) in [4.78, 5) is 0. The molecule has 0 heterocycles. The molecule has 1 atom stereocenters. The van der Waals surface area contributed by atoms with Crippen LogP contribution >= 0.6 is 0 Å². The van der Waals surface area contributed by atoms with Crippen LogP contribution in [-0.4, -0.2) is 25.9 Å². The zero-order valence-corrected chi connectivity index (χ0v) is 8.59. The lowest BCUT2D eigenvalue weighted by Gasteiger charge is -2.09. The molecule has 0 saturated carbocycles. The highest BCUT2D eigenvalue weighted by atomic mass is 16.5. The molecule has 2 heteroatoms. The van der Waals surface area contributed by atoms with Crippen molar-refractivity contribution in [2.75, 3.05) is 19.8 Å². The molecule has 0 aliphatic heterocycles. The van der Waals surface area contributed by atoms with Crippen molar-refractivity contribution < 1.29 is 9.47 Å². The highest BCUT2D eigenvalue weighted by Gasteiger charge is 2.02. The van der Waals surface area contributed by atoms with Gasteiger partial charge < -0.3 is 9.47 Å². The van der Waals surface area contributed by atoms with E-state index >= 15 is 0 Å². The summed E-state index contributed by atoms with van der Waals surface area (Å²) < 4.78 is 10.5. The van der Waals surface area contributed by atoms with E-state index in [0.29, 0.717) is 19.8 Å². The van der Waals surface area contributed by atoms with Gasteiger partial charge in [-0.05, 0) is 37.5 Å². The van der Waals surface area contributed by atoms with E-state index in [-0.39, 0.29) is 6.10 Å². The normalized spacial score (nSPS) is 10.1. The fourth-order valence-corrected chi connectivity index (χ4v) is 0.741. The topological polar surface area (TPSA) is 18.5 Å². The summed E-state index contributed by atoms with van der Waals surface area (Å²) in [6.45, 7) is 5.56. The van der Waals surface area contributed by atoms with Crippen LogP contribution in [0.3, 0.4) is 0 Å². The van der Waals surface area contributed by atoms with E-state index in [9.17, 15) is 0 Å². The van der Waals surface area contributed by atoms with Crippen LogP contribution in [0.15, 0.2) is 0 Å². The Hall–Kier alpha value is -1.40. The third-order valence-corrected chi connectivity index (χ3v) is 1.27. The average molecular weight is 190 g/mol. The average Bonchev–Trinajstić information content (AvgIpc) is 2.20. The summed E-state index contributed by atoms with van der Waals surface area (Å²) in [7, 11) is 0. The molecule has 0 fully saturated rings. The van der Waals surface area contributed by atoms with E-state index in [2.05, 4.69) is 29.6 Å². The van der Waals surface area contributed by atoms with Gasteiger partial charge in [0.2, 0.25) is 0 Å². The van der Waals surface area contributed by atoms with E-state index in [1.807, 2.05) is 13.8 Å². The maximum absolute atomic E-state index is 5.31. The zero-order valence-electron chi connectivity index (χ0n) is 8.59. The van der Waals surface area contributed by atoms with Crippen molar-refractivity contribution in [3.8, 4) is 36.0 Å². The molecule has 14 heavy (non-hydrogen) atoms. The van der Waals surface area contributed by atoms with Crippen LogP contribution in [0.4, 0.5) is 0 Å². The highest BCUT2D eigenvalue weighted by Crippen LogP contribution is 1.91. The van der Waals surface area contributed by atoms with Crippen LogP contribution in [0.2, 0.25) is 0 Å². The SMILES string of the molecule is C#CC#CC#CC(COCC)OCC. The molecule has 0 aromatic heterocycles. The molecule has 2 nitrogen and oxygen atoms in total. The first-order valence-electron chi connectivity index (χ1n) is 4.50. The predicted molar refractivity (Wildman–Crippen MR) is 56.3 cm³/mol. The van der Waals surface area contributed by atoms with Gasteiger partial charge in [-0.3, -0.25) is 0 Å². The van der Waals surface area contributed by atoms with Crippen molar-refractivity contribution in [3.63, 3.8) is 0 Å². The van der Waals surface area contributed by atoms with Gasteiger partial charge in [-0.15, -0.1) is 6.42 Å². The Labute approximate surface area is 86.0 Å². The summed E-state index contributed by atoms with van der Waals surface area (Å²) in [6, 6.07) is 0. The summed E-state index contributed by atoms with van der Waals surface area (Å²) in [5.74, 6) is 12.6. The fourth-order valence-electron chi connectivity index (χ4n) is 0.741. The molecule has 0 saturated heterocycles. The second kappa shape index (κ2) is 9.69. The lowest BCUT2D eigenvalue weighted by Crippen LogP contribution is -2.17. The predicted octanol–water partition coefficient (Wildman–Crippen LogP) is 1.07. The summed E-state index contributed by atoms with van der Waals surface area (Å²) in [5.41, 5.74) is 0. The molecule has 0 bridgehead atoms. The van der Waals surface area contributed by atoms with Crippen LogP contribution in [0, 0.1) is 36.0 Å². The Morgan fingerprint density at radius 2 is 1.93 bits per heavy atom. The van der Waals surface area contributed by atoms with E-state index in [0.717, 1.165) is 0 Å².